The Kier molecular flexibility index (Phi) is 5.44. The molecule has 0 unspecified atom stereocenters. The van der Waals surface area contributed by atoms with Gasteiger partial charge in [0.2, 0.25) is 10.0 Å². The van der Waals surface area contributed by atoms with Crippen molar-refractivity contribution < 1.29 is 22.0 Å². The molecule has 1 aliphatic rings. The first-order chi connectivity index (χ1) is 14.4. The molecule has 1 aliphatic heterocycles. The number of carbonyl (C=O) groups excluding carboxylic acids is 1. The molecule has 0 N–H and O–H groups in total. The first-order valence-electron chi connectivity index (χ1n) is 9.57. The van der Waals surface area contributed by atoms with E-state index in [1.165, 1.54) is 16.4 Å². The van der Waals surface area contributed by atoms with Crippen LogP contribution in [0.4, 0.5) is 4.39 Å². The third-order valence-corrected chi connectivity index (χ3v) is 7.05. The highest BCUT2D eigenvalue weighted by Gasteiger charge is 2.31. The lowest BCUT2D eigenvalue weighted by Crippen LogP contribution is -2.50. The Morgan fingerprint density at radius 1 is 0.933 bits per heavy atom. The van der Waals surface area contributed by atoms with Gasteiger partial charge in [0.25, 0.3) is 5.91 Å². The highest BCUT2D eigenvalue weighted by atomic mass is 32.2. The maximum atomic E-state index is 13.9. The van der Waals surface area contributed by atoms with E-state index in [9.17, 15) is 17.6 Å². The maximum Gasteiger partial charge on any atom is 0.289 e. The van der Waals surface area contributed by atoms with Crippen LogP contribution < -0.4 is 0 Å². The van der Waals surface area contributed by atoms with Crippen molar-refractivity contribution in [1.82, 2.24) is 9.21 Å². The second kappa shape index (κ2) is 8.04. The lowest BCUT2D eigenvalue weighted by molar-refractivity contribution is 0.0667. The highest BCUT2D eigenvalue weighted by molar-refractivity contribution is 7.89. The Labute approximate surface area is 174 Å². The number of sulfonamides is 1. The Morgan fingerprint density at radius 3 is 2.27 bits per heavy atom. The number of aryl methyl sites for hydroxylation is 1. The Morgan fingerprint density at radius 2 is 1.60 bits per heavy atom. The van der Waals surface area contributed by atoms with Gasteiger partial charge in [-0.2, -0.15) is 4.31 Å². The summed E-state index contributed by atoms with van der Waals surface area (Å²) in [7, 11) is -3.60. The third kappa shape index (κ3) is 3.88. The first kappa shape index (κ1) is 20.3. The van der Waals surface area contributed by atoms with Gasteiger partial charge in [0, 0.05) is 26.2 Å². The summed E-state index contributed by atoms with van der Waals surface area (Å²) in [4.78, 5) is 14.6. The van der Waals surface area contributed by atoms with Crippen molar-refractivity contribution in [3.63, 3.8) is 0 Å². The molecular weight excluding hydrogens is 407 g/mol. The predicted molar refractivity (Wildman–Crippen MR) is 110 cm³/mol. The molecule has 1 aromatic heterocycles. The van der Waals surface area contributed by atoms with E-state index in [1.54, 1.807) is 53.4 Å². The number of carbonyl (C=O) groups is 1. The second-order valence-electron chi connectivity index (χ2n) is 7.15. The summed E-state index contributed by atoms with van der Waals surface area (Å²) in [6.45, 7) is 2.79. The van der Waals surface area contributed by atoms with Gasteiger partial charge in [0.05, 0.1) is 10.5 Å². The van der Waals surface area contributed by atoms with Gasteiger partial charge in [0.1, 0.15) is 11.6 Å². The lowest BCUT2D eigenvalue weighted by Gasteiger charge is -2.33. The molecule has 3 aromatic rings. The Bertz CT molecular complexity index is 1160. The van der Waals surface area contributed by atoms with Crippen LogP contribution in [0.3, 0.4) is 0 Å². The molecular formula is C22H21FN2O4S. The molecule has 30 heavy (non-hydrogen) atoms. The molecule has 0 radical (unpaired) electrons. The summed E-state index contributed by atoms with van der Waals surface area (Å²) in [6, 6.07) is 16.0. The minimum absolute atomic E-state index is 0.100. The monoisotopic (exact) mass is 428 g/mol. The largest absolute Gasteiger partial charge is 0.451 e. The van der Waals surface area contributed by atoms with Crippen molar-refractivity contribution in [2.75, 3.05) is 26.2 Å². The first-order valence-corrected chi connectivity index (χ1v) is 11.0. The number of hydrogen-bond acceptors (Lipinski definition) is 4. The molecule has 0 spiro atoms. The van der Waals surface area contributed by atoms with Gasteiger partial charge in [-0.25, -0.2) is 12.8 Å². The number of hydrogen-bond donors (Lipinski definition) is 0. The SMILES string of the molecule is Cc1ccc(S(=O)(=O)N2CCN(C(=O)c3ccc(-c4ccccc4F)o3)CC2)cc1. The van der Waals surface area contributed by atoms with Crippen LogP contribution in [0.25, 0.3) is 11.3 Å². The maximum absolute atomic E-state index is 13.9. The van der Waals surface area contributed by atoms with E-state index in [2.05, 4.69) is 0 Å². The van der Waals surface area contributed by atoms with Crippen LogP contribution >= 0.6 is 0 Å². The van der Waals surface area contributed by atoms with Crippen LogP contribution in [0.5, 0.6) is 0 Å². The van der Waals surface area contributed by atoms with Crippen LogP contribution in [0.15, 0.2) is 70.0 Å². The van der Waals surface area contributed by atoms with Crippen molar-refractivity contribution in [3.8, 4) is 11.3 Å². The van der Waals surface area contributed by atoms with E-state index in [4.69, 9.17) is 4.42 Å². The zero-order chi connectivity index (χ0) is 21.3. The zero-order valence-corrected chi connectivity index (χ0v) is 17.2. The van der Waals surface area contributed by atoms with Crippen molar-refractivity contribution in [2.24, 2.45) is 0 Å². The average Bonchev–Trinajstić information content (AvgIpc) is 3.24. The molecule has 1 amide bonds. The van der Waals surface area contributed by atoms with E-state index in [0.29, 0.717) is 0 Å². The number of rotatable bonds is 4. The topological polar surface area (TPSA) is 70.8 Å². The Balaban J connectivity index is 1.44. The molecule has 2 aromatic carbocycles. The Hall–Kier alpha value is -2.97. The van der Waals surface area contributed by atoms with Crippen molar-refractivity contribution >= 4 is 15.9 Å². The molecule has 1 fully saturated rings. The smallest absolute Gasteiger partial charge is 0.289 e. The summed E-state index contributed by atoms with van der Waals surface area (Å²) in [5.41, 5.74) is 1.27. The van der Waals surface area contributed by atoms with Gasteiger partial charge in [-0.1, -0.05) is 29.8 Å². The van der Waals surface area contributed by atoms with Gasteiger partial charge in [-0.3, -0.25) is 4.79 Å². The van der Waals surface area contributed by atoms with E-state index in [0.717, 1.165) is 5.56 Å². The summed E-state index contributed by atoms with van der Waals surface area (Å²) >= 11 is 0. The van der Waals surface area contributed by atoms with Crippen LogP contribution in [0.2, 0.25) is 0 Å². The van der Waals surface area contributed by atoms with E-state index >= 15 is 0 Å². The summed E-state index contributed by atoms with van der Waals surface area (Å²) < 4.78 is 46.5. The highest BCUT2D eigenvalue weighted by Crippen LogP contribution is 2.26. The van der Waals surface area contributed by atoms with Crippen LogP contribution in [-0.2, 0) is 10.0 Å². The van der Waals surface area contributed by atoms with Gasteiger partial charge < -0.3 is 9.32 Å². The van der Waals surface area contributed by atoms with Gasteiger partial charge >= 0.3 is 0 Å². The molecule has 1 saturated heterocycles. The van der Waals surface area contributed by atoms with Gasteiger partial charge in [-0.05, 0) is 43.3 Å². The van der Waals surface area contributed by atoms with Gasteiger partial charge in [0.15, 0.2) is 5.76 Å². The normalized spacial score (nSPS) is 15.3. The summed E-state index contributed by atoms with van der Waals surface area (Å²) in [5, 5.41) is 0. The van der Waals surface area contributed by atoms with E-state index < -0.39 is 15.8 Å². The fourth-order valence-electron chi connectivity index (χ4n) is 3.41. The molecule has 6 nitrogen and oxygen atoms in total. The van der Waals surface area contributed by atoms with Crippen LogP contribution in [0.1, 0.15) is 16.1 Å². The average molecular weight is 428 g/mol. The van der Waals surface area contributed by atoms with E-state index in [1.807, 2.05) is 6.92 Å². The number of furan rings is 1. The van der Waals surface area contributed by atoms with Gasteiger partial charge in [-0.15, -0.1) is 0 Å². The number of benzene rings is 2. The fraction of sp³-hybridized carbons (Fsp3) is 0.227. The number of nitrogens with zero attached hydrogens (tertiary/aromatic N) is 2. The second-order valence-corrected chi connectivity index (χ2v) is 9.09. The molecule has 0 aliphatic carbocycles. The quantitative estimate of drug-likeness (QED) is 0.637. The van der Waals surface area contributed by atoms with E-state index in [-0.39, 0.29) is 54.1 Å². The molecule has 4 rings (SSSR count). The number of halogens is 1. The van der Waals surface area contributed by atoms with Crippen LogP contribution in [0, 0.1) is 12.7 Å². The minimum atomic E-state index is -3.60. The molecule has 0 bridgehead atoms. The molecule has 156 valence electrons. The third-order valence-electron chi connectivity index (χ3n) is 5.14. The zero-order valence-electron chi connectivity index (χ0n) is 16.4. The van der Waals surface area contributed by atoms with Crippen molar-refractivity contribution in [3.05, 3.63) is 77.8 Å². The molecule has 0 saturated carbocycles. The van der Waals surface area contributed by atoms with Crippen molar-refractivity contribution in [1.29, 1.82) is 0 Å². The molecule has 0 atom stereocenters. The van der Waals surface area contributed by atoms with Crippen LogP contribution in [-0.4, -0.2) is 49.7 Å². The number of piperazine rings is 1. The van der Waals surface area contributed by atoms with Crippen molar-refractivity contribution in [2.45, 2.75) is 11.8 Å². The summed E-state index contributed by atoms with van der Waals surface area (Å²) in [6.07, 6.45) is 0. The standard InChI is InChI=1S/C22H21FN2O4S/c1-16-6-8-17(9-7-16)30(27,28)25-14-12-24(13-15-25)22(26)21-11-10-20(29-21)18-4-2-3-5-19(18)23/h2-11H,12-15H2,1H3. The molecule has 8 heteroatoms. The predicted octanol–water partition coefficient (Wildman–Crippen LogP) is 3.54. The molecule has 2 heterocycles. The minimum Gasteiger partial charge on any atom is -0.451 e. The lowest BCUT2D eigenvalue weighted by atomic mass is 10.1. The summed E-state index contributed by atoms with van der Waals surface area (Å²) in [5.74, 6) is -0.397. The number of amides is 1. The fourth-order valence-corrected chi connectivity index (χ4v) is 4.83.